The minimum absolute atomic E-state index is 0.155. The Morgan fingerprint density at radius 2 is 1.24 bits per heavy atom. The van der Waals surface area contributed by atoms with Crippen LogP contribution in [0.1, 0.15) is 137 Å². The number of amides is 2. The number of aryl methyl sites for hydroxylation is 1. The van der Waals surface area contributed by atoms with Gasteiger partial charge in [0.25, 0.3) is 11.8 Å². The first kappa shape index (κ1) is 36.3. The smallest absolute Gasteiger partial charge is 0.261 e. The highest BCUT2D eigenvalue weighted by Gasteiger charge is 2.28. The second-order valence-electron chi connectivity index (χ2n) is 12.0. The standard InChI is InChI=1S/C39H54ClN2O3/c1-3-5-6-7-8-9-10-11-12-13-14-15-16-22-30-45-37-27-26-34(31-36(37)40)39(44)42(38(43)33-23-18-17-19-24-33)32-35-25-20-21-29-41(35)28-4-2/h17-21,23-27,29,31H,3-16,22,28,30,32H2,1-2H3/q+1. The number of pyridine rings is 1. The zero-order valence-corrected chi connectivity index (χ0v) is 28.4. The van der Waals surface area contributed by atoms with Crippen molar-refractivity contribution in [1.82, 2.24) is 4.90 Å². The van der Waals surface area contributed by atoms with E-state index in [4.69, 9.17) is 16.3 Å². The Morgan fingerprint density at radius 1 is 0.667 bits per heavy atom. The molecule has 5 nitrogen and oxygen atoms in total. The average molecular weight is 634 g/mol. The number of ether oxygens (including phenoxy) is 1. The van der Waals surface area contributed by atoms with E-state index in [0.717, 1.165) is 31.5 Å². The van der Waals surface area contributed by atoms with E-state index in [1.54, 1.807) is 42.5 Å². The monoisotopic (exact) mass is 633 g/mol. The lowest BCUT2D eigenvalue weighted by atomic mass is 10.0. The number of unbranched alkanes of at least 4 members (excludes halogenated alkanes) is 13. The van der Waals surface area contributed by atoms with Crippen molar-refractivity contribution in [2.75, 3.05) is 6.61 Å². The van der Waals surface area contributed by atoms with Crippen molar-refractivity contribution < 1.29 is 18.9 Å². The number of aromatic nitrogens is 1. The van der Waals surface area contributed by atoms with Crippen LogP contribution >= 0.6 is 11.6 Å². The summed E-state index contributed by atoms with van der Waals surface area (Å²) in [5, 5.41) is 0.374. The van der Waals surface area contributed by atoms with Gasteiger partial charge in [0.1, 0.15) is 18.8 Å². The third-order valence-corrected chi connectivity index (χ3v) is 8.56. The molecule has 0 saturated heterocycles. The van der Waals surface area contributed by atoms with Crippen molar-refractivity contribution in [1.29, 1.82) is 0 Å². The fourth-order valence-corrected chi connectivity index (χ4v) is 5.87. The van der Waals surface area contributed by atoms with Crippen LogP contribution < -0.4 is 9.30 Å². The van der Waals surface area contributed by atoms with Gasteiger partial charge in [0.15, 0.2) is 6.20 Å². The summed E-state index contributed by atoms with van der Waals surface area (Å²) in [4.78, 5) is 28.7. The molecule has 0 aliphatic heterocycles. The summed E-state index contributed by atoms with van der Waals surface area (Å²) in [7, 11) is 0. The normalized spacial score (nSPS) is 11.0. The van der Waals surface area contributed by atoms with E-state index in [1.165, 1.54) is 81.9 Å². The molecule has 1 heterocycles. The highest BCUT2D eigenvalue weighted by Crippen LogP contribution is 2.27. The molecule has 0 aliphatic rings. The number of hydrogen-bond donors (Lipinski definition) is 0. The molecule has 0 aliphatic carbocycles. The van der Waals surface area contributed by atoms with Gasteiger partial charge in [-0.1, -0.05) is 133 Å². The van der Waals surface area contributed by atoms with E-state index in [1.807, 2.05) is 30.5 Å². The van der Waals surface area contributed by atoms with Gasteiger partial charge in [-0.15, -0.1) is 0 Å². The minimum Gasteiger partial charge on any atom is -0.492 e. The van der Waals surface area contributed by atoms with Crippen LogP contribution in [-0.2, 0) is 13.1 Å². The lowest BCUT2D eigenvalue weighted by molar-refractivity contribution is -0.704. The first-order chi connectivity index (χ1) is 22.0. The van der Waals surface area contributed by atoms with E-state index in [-0.39, 0.29) is 12.5 Å². The lowest BCUT2D eigenvalue weighted by Gasteiger charge is -2.21. The molecule has 0 fully saturated rings. The second-order valence-corrected chi connectivity index (χ2v) is 12.4. The number of nitrogens with zero attached hydrogens (tertiary/aromatic N) is 2. The Morgan fingerprint density at radius 3 is 1.84 bits per heavy atom. The predicted molar refractivity (Wildman–Crippen MR) is 185 cm³/mol. The summed E-state index contributed by atoms with van der Waals surface area (Å²) >= 11 is 6.58. The van der Waals surface area contributed by atoms with Crippen LogP contribution in [0.4, 0.5) is 0 Å². The Bertz CT molecular complexity index is 1280. The molecule has 0 saturated carbocycles. The summed E-state index contributed by atoms with van der Waals surface area (Å²) in [6.07, 6.45) is 21.3. The summed E-state index contributed by atoms with van der Waals surface area (Å²) < 4.78 is 8.05. The number of rotatable bonds is 22. The number of halogens is 1. The first-order valence-corrected chi connectivity index (χ1v) is 17.7. The van der Waals surface area contributed by atoms with E-state index >= 15 is 0 Å². The van der Waals surface area contributed by atoms with Crippen LogP contribution in [-0.4, -0.2) is 23.3 Å². The molecule has 2 aromatic carbocycles. The van der Waals surface area contributed by atoms with Crippen LogP contribution in [0.25, 0.3) is 0 Å². The fraction of sp³-hybridized carbons (Fsp3) is 0.513. The molecular weight excluding hydrogens is 580 g/mol. The molecule has 0 spiro atoms. The molecule has 0 atom stereocenters. The highest BCUT2D eigenvalue weighted by molar-refractivity contribution is 6.32. The molecule has 3 aromatic rings. The maximum Gasteiger partial charge on any atom is 0.261 e. The summed E-state index contributed by atoms with van der Waals surface area (Å²) in [6, 6.07) is 19.8. The van der Waals surface area contributed by atoms with Crippen molar-refractivity contribution in [2.24, 2.45) is 0 Å². The van der Waals surface area contributed by atoms with Gasteiger partial charge in [-0.3, -0.25) is 14.5 Å². The van der Waals surface area contributed by atoms with Crippen LogP contribution in [0.3, 0.4) is 0 Å². The Balaban J connectivity index is 1.47. The number of hydrogen-bond acceptors (Lipinski definition) is 3. The van der Waals surface area contributed by atoms with Gasteiger partial charge in [0, 0.05) is 29.7 Å². The average Bonchev–Trinajstić information content (AvgIpc) is 3.06. The number of carbonyl (C=O) groups is 2. The topological polar surface area (TPSA) is 50.5 Å². The highest BCUT2D eigenvalue weighted by atomic mass is 35.5. The maximum atomic E-state index is 13.8. The molecule has 2 amide bonds. The molecule has 6 heteroatoms. The van der Waals surface area contributed by atoms with Crippen LogP contribution in [0, 0.1) is 0 Å². The number of benzene rings is 2. The quantitative estimate of drug-likeness (QED) is 0.0628. The second kappa shape index (κ2) is 21.5. The van der Waals surface area contributed by atoms with Gasteiger partial charge < -0.3 is 4.74 Å². The van der Waals surface area contributed by atoms with E-state index < -0.39 is 5.91 Å². The SMILES string of the molecule is CCCCCCCCCCCCCCCCOc1ccc(C(=O)N(Cc2cccc[n+]2CCC)C(=O)c2ccccc2)cc1Cl. The molecule has 1 aromatic heterocycles. The summed E-state index contributed by atoms with van der Waals surface area (Å²) in [5.74, 6) is -0.175. The van der Waals surface area contributed by atoms with E-state index in [2.05, 4.69) is 18.4 Å². The third kappa shape index (κ3) is 13.0. The van der Waals surface area contributed by atoms with Gasteiger partial charge in [0.2, 0.25) is 5.69 Å². The van der Waals surface area contributed by atoms with Crippen LogP contribution in [0.5, 0.6) is 5.75 Å². The first-order valence-electron chi connectivity index (χ1n) is 17.4. The van der Waals surface area contributed by atoms with Crippen molar-refractivity contribution in [3.63, 3.8) is 0 Å². The molecule has 0 radical (unpaired) electrons. The molecule has 0 N–H and O–H groups in total. The molecule has 0 unspecified atom stereocenters. The number of carbonyl (C=O) groups excluding carboxylic acids is 2. The fourth-order valence-electron chi connectivity index (χ4n) is 5.63. The largest absolute Gasteiger partial charge is 0.492 e. The lowest BCUT2D eigenvalue weighted by Crippen LogP contribution is -2.44. The minimum atomic E-state index is -0.392. The zero-order valence-electron chi connectivity index (χ0n) is 27.7. The van der Waals surface area contributed by atoms with Crippen molar-refractivity contribution in [2.45, 2.75) is 123 Å². The Kier molecular flexibility index (Phi) is 17.4. The zero-order chi connectivity index (χ0) is 32.1. The van der Waals surface area contributed by atoms with Gasteiger partial charge in [-0.25, -0.2) is 4.57 Å². The Labute approximate surface area is 277 Å². The van der Waals surface area contributed by atoms with Gasteiger partial charge in [0.05, 0.1) is 11.6 Å². The Hall–Kier alpha value is -3.18. The van der Waals surface area contributed by atoms with Crippen molar-refractivity contribution in [3.05, 3.63) is 94.8 Å². The molecular formula is C39H54ClN2O3+. The van der Waals surface area contributed by atoms with Gasteiger partial charge in [-0.2, -0.15) is 0 Å². The molecule has 0 bridgehead atoms. The molecule has 244 valence electrons. The number of imide groups is 1. The summed E-state index contributed by atoms with van der Waals surface area (Å²) in [6.45, 7) is 5.92. The van der Waals surface area contributed by atoms with Crippen LogP contribution in [0.2, 0.25) is 5.02 Å². The maximum absolute atomic E-state index is 13.8. The van der Waals surface area contributed by atoms with Crippen molar-refractivity contribution in [3.8, 4) is 5.75 Å². The van der Waals surface area contributed by atoms with Crippen LogP contribution in [0.15, 0.2) is 72.9 Å². The van der Waals surface area contributed by atoms with E-state index in [9.17, 15) is 9.59 Å². The van der Waals surface area contributed by atoms with Gasteiger partial charge >= 0.3 is 0 Å². The van der Waals surface area contributed by atoms with Crippen molar-refractivity contribution >= 4 is 23.4 Å². The van der Waals surface area contributed by atoms with Gasteiger partial charge in [-0.05, 0) is 36.8 Å². The van der Waals surface area contributed by atoms with E-state index in [0.29, 0.717) is 28.5 Å². The third-order valence-electron chi connectivity index (χ3n) is 8.26. The molecule has 3 rings (SSSR count). The predicted octanol–water partition coefficient (Wildman–Crippen LogP) is 10.4. The molecule has 45 heavy (non-hydrogen) atoms. The summed E-state index contributed by atoms with van der Waals surface area (Å²) in [5.41, 5.74) is 1.70.